The van der Waals surface area contributed by atoms with Crippen molar-refractivity contribution in [2.75, 3.05) is 0 Å². The first-order valence-corrected chi connectivity index (χ1v) is 4.03. The summed E-state index contributed by atoms with van der Waals surface area (Å²) in [6.45, 7) is 0. The molecular weight excluding hydrogens is 188 g/mol. The fourth-order valence-corrected chi connectivity index (χ4v) is 0.918. The number of allylic oxidation sites excluding steroid dienone is 1. The molecule has 1 aromatic rings. The molecule has 0 aliphatic carbocycles. The Morgan fingerprint density at radius 3 is 2.38 bits per heavy atom. The van der Waals surface area contributed by atoms with E-state index in [0.29, 0.717) is 5.02 Å². The standard InChI is InChI=1S/C10H7ClO2/c11-9-4-1-8(2-5-9)3-6-10(13)7-12/h1-7H/b6-3+. The average Bonchev–Trinajstić information content (AvgIpc) is 2.16. The number of rotatable bonds is 3. The van der Waals surface area contributed by atoms with Gasteiger partial charge in [0.25, 0.3) is 0 Å². The lowest BCUT2D eigenvalue weighted by Gasteiger charge is -1.91. The lowest BCUT2D eigenvalue weighted by atomic mass is 10.2. The summed E-state index contributed by atoms with van der Waals surface area (Å²) in [7, 11) is 0. The Kier molecular flexibility index (Phi) is 3.41. The summed E-state index contributed by atoms with van der Waals surface area (Å²) >= 11 is 5.65. The smallest absolute Gasteiger partial charge is 0.218 e. The van der Waals surface area contributed by atoms with Gasteiger partial charge in [-0.25, -0.2) is 0 Å². The largest absolute Gasteiger partial charge is 0.294 e. The van der Waals surface area contributed by atoms with Crippen LogP contribution in [0.25, 0.3) is 6.08 Å². The van der Waals surface area contributed by atoms with Gasteiger partial charge in [-0.05, 0) is 23.8 Å². The summed E-state index contributed by atoms with van der Waals surface area (Å²) < 4.78 is 0. The van der Waals surface area contributed by atoms with E-state index in [1.165, 1.54) is 6.08 Å². The lowest BCUT2D eigenvalue weighted by molar-refractivity contribution is -0.126. The van der Waals surface area contributed by atoms with Gasteiger partial charge in [-0.15, -0.1) is 0 Å². The number of hydrogen-bond acceptors (Lipinski definition) is 2. The van der Waals surface area contributed by atoms with E-state index in [1.807, 2.05) is 0 Å². The predicted octanol–water partition coefficient (Wildman–Crippen LogP) is 2.12. The summed E-state index contributed by atoms with van der Waals surface area (Å²) in [4.78, 5) is 20.5. The van der Waals surface area contributed by atoms with Gasteiger partial charge < -0.3 is 0 Å². The molecule has 0 atom stereocenters. The van der Waals surface area contributed by atoms with Crippen molar-refractivity contribution in [3.05, 3.63) is 40.9 Å². The summed E-state index contributed by atoms with van der Waals surface area (Å²) in [6.07, 6.45) is 3.05. The van der Waals surface area contributed by atoms with Gasteiger partial charge in [0, 0.05) is 5.02 Å². The molecule has 1 aromatic carbocycles. The average molecular weight is 195 g/mol. The third-order valence-corrected chi connectivity index (χ3v) is 1.68. The molecule has 0 N–H and O–H groups in total. The molecule has 0 saturated heterocycles. The van der Waals surface area contributed by atoms with E-state index in [2.05, 4.69) is 0 Å². The molecule has 0 spiro atoms. The van der Waals surface area contributed by atoms with Crippen LogP contribution in [-0.2, 0) is 9.59 Å². The van der Waals surface area contributed by atoms with Gasteiger partial charge >= 0.3 is 0 Å². The molecule has 0 unspecified atom stereocenters. The fraction of sp³-hybridized carbons (Fsp3) is 0. The summed E-state index contributed by atoms with van der Waals surface area (Å²) in [6, 6.07) is 6.95. The highest BCUT2D eigenvalue weighted by Gasteiger charge is 1.91. The van der Waals surface area contributed by atoms with E-state index in [0.717, 1.165) is 5.56 Å². The van der Waals surface area contributed by atoms with Crippen LogP contribution >= 0.6 is 11.6 Å². The van der Waals surface area contributed by atoms with Crippen molar-refractivity contribution >= 4 is 29.7 Å². The van der Waals surface area contributed by atoms with Crippen LogP contribution in [0.1, 0.15) is 5.56 Å². The van der Waals surface area contributed by atoms with Crippen LogP contribution in [0.15, 0.2) is 30.3 Å². The number of carbonyl (C=O) groups is 2. The van der Waals surface area contributed by atoms with Crippen molar-refractivity contribution in [3.63, 3.8) is 0 Å². The Balaban J connectivity index is 2.74. The minimum absolute atomic E-state index is 0.270. The van der Waals surface area contributed by atoms with Gasteiger partial charge in [-0.2, -0.15) is 0 Å². The van der Waals surface area contributed by atoms with E-state index in [1.54, 1.807) is 30.3 Å². The monoisotopic (exact) mass is 194 g/mol. The molecule has 0 fully saturated rings. The number of benzene rings is 1. The first-order chi connectivity index (χ1) is 6.22. The number of ketones is 1. The maximum absolute atomic E-state index is 10.6. The predicted molar refractivity (Wildman–Crippen MR) is 51.6 cm³/mol. The van der Waals surface area contributed by atoms with Crippen molar-refractivity contribution in [2.45, 2.75) is 0 Å². The number of aldehydes is 1. The molecule has 0 radical (unpaired) electrons. The van der Waals surface area contributed by atoms with Gasteiger partial charge in [0.2, 0.25) is 5.78 Å². The highest BCUT2D eigenvalue weighted by molar-refractivity contribution is 6.31. The Bertz CT molecular complexity index is 338. The second-order valence-corrected chi connectivity index (χ2v) is 2.84. The van der Waals surface area contributed by atoms with Crippen molar-refractivity contribution in [2.24, 2.45) is 0 Å². The topological polar surface area (TPSA) is 34.1 Å². The molecule has 2 nitrogen and oxygen atoms in total. The Hall–Kier alpha value is -1.41. The molecule has 0 amide bonds. The normalized spacial score (nSPS) is 10.2. The second-order valence-electron chi connectivity index (χ2n) is 2.41. The molecule has 3 heteroatoms. The van der Waals surface area contributed by atoms with Crippen molar-refractivity contribution in [1.82, 2.24) is 0 Å². The zero-order valence-electron chi connectivity index (χ0n) is 6.74. The lowest BCUT2D eigenvalue weighted by Crippen LogP contribution is -1.90. The minimum atomic E-state index is -0.546. The van der Waals surface area contributed by atoms with Gasteiger partial charge in [0.05, 0.1) is 0 Å². The Labute approximate surface area is 80.8 Å². The van der Waals surface area contributed by atoms with E-state index in [9.17, 15) is 9.59 Å². The molecule has 0 aliphatic rings. The van der Waals surface area contributed by atoms with Crippen LogP contribution in [0.3, 0.4) is 0 Å². The highest BCUT2D eigenvalue weighted by Crippen LogP contribution is 2.10. The fourth-order valence-electron chi connectivity index (χ4n) is 0.792. The molecule has 0 aromatic heterocycles. The minimum Gasteiger partial charge on any atom is -0.294 e. The number of hydrogen-bond donors (Lipinski definition) is 0. The Morgan fingerprint density at radius 2 is 1.85 bits per heavy atom. The highest BCUT2D eigenvalue weighted by atomic mass is 35.5. The second kappa shape index (κ2) is 4.58. The number of carbonyl (C=O) groups excluding carboxylic acids is 2. The van der Waals surface area contributed by atoms with Crippen LogP contribution in [0.2, 0.25) is 5.02 Å². The van der Waals surface area contributed by atoms with Crippen LogP contribution in [0.4, 0.5) is 0 Å². The zero-order chi connectivity index (χ0) is 9.68. The third-order valence-electron chi connectivity index (χ3n) is 1.43. The quantitative estimate of drug-likeness (QED) is 0.420. The molecule has 0 heterocycles. The maximum Gasteiger partial charge on any atom is 0.218 e. The molecule has 1 rings (SSSR count). The molecule has 0 saturated carbocycles. The number of halogens is 1. The third kappa shape index (κ3) is 3.22. The van der Waals surface area contributed by atoms with Gasteiger partial charge in [0.15, 0.2) is 6.29 Å². The van der Waals surface area contributed by atoms with Crippen LogP contribution in [-0.4, -0.2) is 12.1 Å². The summed E-state index contributed by atoms with van der Waals surface area (Å²) in [5, 5.41) is 0.638. The van der Waals surface area contributed by atoms with E-state index in [4.69, 9.17) is 11.6 Å². The van der Waals surface area contributed by atoms with Crippen molar-refractivity contribution in [1.29, 1.82) is 0 Å². The van der Waals surface area contributed by atoms with Crippen molar-refractivity contribution in [3.8, 4) is 0 Å². The van der Waals surface area contributed by atoms with Crippen molar-refractivity contribution < 1.29 is 9.59 Å². The van der Waals surface area contributed by atoms with E-state index >= 15 is 0 Å². The van der Waals surface area contributed by atoms with Crippen LogP contribution in [0.5, 0.6) is 0 Å². The molecular formula is C10H7ClO2. The zero-order valence-corrected chi connectivity index (χ0v) is 7.49. The molecule has 0 aliphatic heterocycles. The van der Waals surface area contributed by atoms with Gasteiger partial charge in [-0.3, -0.25) is 9.59 Å². The SMILES string of the molecule is O=CC(=O)/C=C/c1ccc(Cl)cc1. The van der Waals surface area contributed by atoms with Gasteiger partial charge in [-0.1, -0.05) is 29.8 Å². The summed E-state index contributed by atoms with van der Waals surface area (Å²) in [5.41, 5.74) is 0.833. The van der Waals surface area contributed by atoms with Crippen LogP contribution < -0.4 is 0 Å². The molecule has 66 valence electrons. The first kappa shape index (κ1) is 9.68. The Morgan fingerprint density at radius 1 is 1.23 bits per heavy atom. The molecule has 13 heavy (non-hydrogen) atoms. The molecule has 0 bridgehead atoms. The van der Waals surface area contributed by atoms with Gasteiger partial charge in [0.1, 0.15) is 0 Å². The maximum atomic E-state index is 10.6. The first-order valence-electron chi connectivity index (χ1n) is 3.65. The summed E-state index contributed by atoms with van der Waals surface area (Å²) in [5.74, 6) is -0.546. The van der Waals surface area contributed by atoms with Crippen LogP contribution in [0, 0.1) is 0 Å². The van der Waals surface area contributed by atoms with E-state index < -0.39 is 5.78 Å². The van der Waals surface area contributed by atoms with E-state index in [-0.39, 0.29) is 6.29 Å².